The Balaban J connectivity index is 2.28. The Kier molecular flexibility index (Phi) is 3.03. The highest BCUT2D eigenvalue weighted by Gasteiger charge is 2.17. The molecule has 0 saturated carbocycles. The monoisotopic (exact) mass is 273 g/mol. The average molecular weight is 274 g/mol. The second-order valence-electron chi connectivity index (χ2n) is 3.22. The second-order valence-corrected chi connectivity index (χ2v) is 5.29. The van der Waals surface area contributed by atoms with Gasteiger partial charge in [0, 0.05) is 6.20 Å². The molecule has 0 spiro atoms. The van der Waals surface area contributed by atoms with Gasteiger partial charge in [-0.25, -0.2) is 18.1 Å². The van der Waals surface area contributed by atoms with Gasteiger partial charge < -0.3 is 4.42 Å². The van der Waals surface area contributed by atoms with E-state index in [9.17, 15) is 8.42 Å². The van der Waals surface area contributed by atoms with E-state index in [2.05, 4.69) is 14.7 Å². The molecule has 0 aliphatic rings. The molecule has 0 atom stereocenters. The summed E-state index contributed by atoms with van der Waals surface area (Å²) in [6, 6.07) is 2.64. The van der Waals surface area contributed by atoms with Gasteiger partial charge in [0.2, 0.25) is 0 Å². The molecule has 2 rings (SSSR count). The molecule has 0 amide bonds. The van der Waals surface area contributed by atoms with Crippen molar-refractivity contribution in [2.45, 2.75) is 11.8 Å². The van der Waals surface area contributed by atoms with E-state index >= 15 is 0 Å². The Hall–Kier alpha value is -1.60. The predicted molar refractivity (Wildman–Crippen MR) is 61.3 cm³/mol. The lowest BCUT2D eigenvalue weighted by molar-refractivity contribution is 0.569. The minimum absolute atomic E-state index is 0.0160. The fourth-order valence-corrected chi connectivity index (χ4v) is 2.09. The van der Waals surface area contributed by atoms with Crippen LogP contribution in [-0.2, 0) is 10.0 Å². The number of anilines is 1. The zero-order valence-corrected chi connectivity index (χ0v) is 10.3. The molecule has 0 bridgehead atoms. The highest BCUT2D eigenvalue weighted by Crippen LogP contribution is 2.15. The van der Waals surface area contributed by atoms with E-state index in [-0.39, 0.29) is 16.1 Å². The Morgan fingerprint density at radius 1 is 1.41 bits per heavy atom. The first-order valence-electron chi connectivity index (χ1n) is 4.54. The fraction of sp³-hybridized carbons (Fsp3) is 0.111. The number of hydrogen-bond acceptors (Lipinski definition) is 5. The molecule has 1 N–H and O–H groups in total. The molecule has 17 heavy (non-hydrogen) atoms. The van der Waals surface area contributed by atoms with Gasteiger partial charge in [-0.3, -0.25) is 0 Å². The quantitative estimate of drug-likeness (QED) is 0.863. The third-order valence-electron chi connectivity index (χ3n) is 1.85. The number of nitrogens with zero attached hydrogens (tertiary/aromatic N) is 2. The minimum atomic E-state index is -3.74. The first-order valence-corrected chi connectivity index (χ1v) is 6.40. The van der Waals surface area contributed by atoms with Crippen LogP contribution in [0.2, 0.25) is 5.15 Å². The van der Waals surface area contributed by atoms with Crippen molar-refractivity contribution < 1.29 is 12.8 Å². The Labute approximate surface area is 103 Å². The number of hydrogen-bond donors (Lipinski definition) is 1. The predicted octanol–water partition coefficient (Wildman–Crippen LogP) is 1.83. The lowest BCUT2D eigenvalue weighted by Crippen LogP contribution is -2.13. The van der Waals surface area contributed by atoms with Gasteiger partial charge in [0.1, 0.15) is 16.3 Å². The van der Waals surface area contributed by atoms with E-state index in [4.69, 9.17) is 16.0 Å². The molecule has 0 unspecified atom stereocenters. The van der Waals surface area contributed by atoms with Gasteiger partial charge >= 0.3 is 6.01 Å². The van der Waals surface area contributed by atoms with Crippen molar-refractivity contribution in [3.63, 3.8) is 0 Å². The summed E-state index contributed by atoms with van der Waals surface area (Å²) in [5, 5.41) is 0.218. The molecule has 0 fully saturated rings. The molecule has 0 aromatic carbocycles. The van der Waals surface area contributed by atoms with Crippen LogP contribution in [0.5, 0.6) is 0 Å². The van der Waals surface area contributed by atoms with Crippen LogP contribution in [0.25, 0.3) is 0 Å². The van der Waals surface area contributed by atoms with E-state index in [1.54, 1.807) is 6.92 Å². The smallest absolute Gasteiger partial charge is 0.309 e. The van der Waals surface area contributed by atoms with Crippen LogP contribution in [0.1, 0.15) is 5.69 Å². The van der Waals surface area contributed by atoms with Crippen molar-refractivity contribution in [1.29, 1.82) is 0 Å². The largest absolute Gasteiger partial charge is 0.431 e. The highest BCUT2D eigenvalue weighted by atomic mass is 35.5. The minimum Gasteiger partial charge on any atom is -0.431 e. The van der Waals surface area contributed by atoms with E-state index in [1.165, 1.54) is 18.4 Å². The summed E-state index contributed by atoms with van der Waals surface area (Å²) in [5.41, 5.74) is 0.580. The van der Waals surface area contributed by atoms with Gasteiger partial charge in [-0.05, 0) is 19.1 Å². The molecule has 6 nitrogen and oxygen atoms in total. The number of pyridine rings is 1. The summed E-state index contributed by atoms with van der Waals surface area (Å²) in [6.45, 7) is 1.69. The number of sulfonamides is 1. The van der Waals surface area contributed by atoms with Crippen LogP contribution >= 0.6 is 11.6 Å². The Morgan fingerprint density at radius 3 is 2.71 bits per heavy atom. The Morgan fingerprint density at radius 2 is 2.18 bits per heavy atom. The molecule has 90 valence electrons. The number of rotatable bonds is 3. The SMILES string of the molecule is Cc1coc(NS(=O)(=O)c2ccc(Cl)nc2)n1. The Bertz CT molecular complexity index is 621. The number of oxazole rings is 1. The van der Waals surface area contributed by atoms with Gasteiger partial charge in [0.05, 0.1) is 5.69 Å². The maximum atomic E-state index is 11.8. The van der Waals surface area contributed by atoms with Crippen molar-refractivity contribution >= 4 is 27.6 Å². The molecular formula is C9H8ClN3O3S. The lowest BCUT2D eigenvalue weighted by Gasteiger charge is -2.03. The maximum absolute atomic E-state index is 11.8. The van der Waals surface area contributed by atoms with Gasteiger partial charge in [0.15, 0.2) is 0 Å². The van der Waals surface area contributed by atoms with Crippen LogP contribution in [0.4, 0.5) is 6.01 Å². The van der Waals surface area contributed by atoms with E-state index in [1.807, 2.05) is 0 Å². The lowest BCUT2D eigenvalue weighted by atomic mass is 10.5. The molecule has 2 heterocycles. The number of nitrogens with one attached hydrogen (secondary N) is 1. The maximum Gasteiger partial charge on any atom is 0.309 e. The van der Waals surface area contributed by atoms with Crippen LogP contribution in [0.3, 0.4) is 0 Å². The molecular weight excluding hydrogens is 266 g/mol. The van der Waals surface area contributed by atoms with Crippen molar-refractivity contribution in [2.24, 2.45) is 0 Å². The molecule has 0 radical (unpaired) electrons. The molecule has 0 aliphatic heterocycles. The average Bonchev–Trinajstić information content (AvgIpc) is 2.63. The standard InChI is InChI=1S/C9H8ClN3O3S/c1-6-5-16-9(12-6)13-17(14,15)7-2-3-8(10)11-4-7/h2-5H,1H3,(H,12,13). The van der Waals surface area contributed by atoms with Crippen LogP contribution in [0, 0.1) is 6.92 Å². The summed E-state index contributed by atoms with van der Waals surface area (Å²) >= 11 is 5.57. The zero-order valence-electron chi connectivity index (χ0n) is 8.71. The third kappa shape index (κ3) is 2.75. The summed E-state index contributed by atoms with van der Waals surface area (Å²) in [7, 11) is -3.74. The van der Waals surface area contributed by atoms with Gasteiger partial charge in [0.25, 0.3) is 10.0 Å². The van der Waals surface area contributed by atoms with Crippen molar-refractivity contribution in [3.05, 3.63) is 35.4 Å². The summed E-state index contributed by atoms with van der Waals surface area (Å²) in [6.07, 6.45) is 2.50. The number of halogens is 1. The first kappa shape index (κ1) is 11.9. The summed E-state index contributed by atoms with van der Waals surface area (Å²) in [5.74, 6) is 0. The van der Waals surface area contributed by atoms with Crippen LogP contribution in [0.15, 0.2) is 33.9 Å². The van der Waals surface area contributed by atoms with Crippen LogP contribution in [-0.4, -0.2) is 18.4 Å². The second kappa shape index (κ2) is 4.34. The first-order chi connectivity index (χ1) is 7.97. The van der Waals surface area contributed by atoms with Crippen molar-refractivity contribution in [2.75, 3.05) is 4.72 Å². The van der Waals surface area contributed by atoms with E-state index in [0.717, 1.165) is 6.20 Å². The van der Waals surface area contributed by atoms with Crippen molar-refractivity contribution in [3.8, 4) is 0 Å². The normalized spacial score (nSPS) is 11.4. The van der Waals surface area contributed by atoms with E-state index in [0.29, 0.717) is 5.69 Å². The molecule has 0 aliphatic carbocycles. The fourth-order valence-electron chi connectivity index (χ4n) is 1.10. The van der Waals surface area contributed by atoms with Gasteiger partial charge in [-0.1, -0.05) is 11.6 Å². The summed E-state index contributed by atoms with van der Waals surface area (Å²) in [4.78, 5) is 7.51. The molecule has 2 aromatic heterocycles. The summed E-state index contributed by atoms with van der Waals surface area (Å²) < 4.78 is 30.7. The molecule has 8 heteroatoms. The zero-order chi connectivity index (χ0) is 12.5. The number of aryl methyl sites for hydroxylation is 1. The topological polar surface area (TPSA) is 85.1 Å². The van der Waals surface area contributed by atoms with Gasteiger partial charge in [-0.15, -0.1) is 0 Å². The van der Waals surface area contributed by atoms with E-state index < -0.39 is 10.0 Å². The highest BCUT2D eigenvalue weighted by molar-refractivity contribution is 7.92. The van der Waals surface area contributed by atoms with Crippen molar-refractivity contribution in [1.82, 2.24) is 9.97 Å². The molecule has 2 aromatic rings. The third-order valence-corrected chi connectivity index (χ3v) is 3.38. The number of aromatic nitrogens is 2. The van der Waals surface area contributed by atoms with Crippen LogP contribution < -0.4 is 4.72 Å². The molecule has 0 saturated heterocycles. The van der Waals surface area contributed by atoms with Gasteiger partial charge in [-0.2, -0.15) is 4.98 Å².